The Bertz CT molecular complexity index is 741. The van der Waals surface area contributed by atoms with E-state index in [2.05, 4.69) is 11.4 Å². The summed E-state index contributed by atoms with van der Waals surface area (Å²) >= 11 is 0. The summed E-state index contributed by atoms with van der Waals surface area (Å²) in [6, 6.07) is 12.1. The minimum atomic E-state index is -2.93. The minimum absolute atomic E-state index is 0.0721. The number of rotatable bonds is 7. The number of methoxy groups -OCH3 is 1. The molecule has 0 saturated carbocycles. The van der Waals surface area contributed by atoms with Crippen molar-refractivity contribution in [2.24, 2.45) is 0 Å². The third-order valence-electron chi connectivity index (χ3n) is 3.91. The molecule has 0 spiro atoms. The van der Waals surface area contributed by atoms with Crippen molar-refractivity contribution in [1.29, 1.82) is 0 Å². The molecule has 4 nitrogen and oxygen atoms in total. The van der Waals surface area contributed by atoms with E-state index in [1.54, 1.807) is 14.0 Å². The van der Waals surface area contributed by atoms with Crippen molar-refractivity contribution in [2.45, 2.75) is 19.9 Å². The van der Waals surface area contributed by atoms with Crippen LogP contribution in [-0.4, -0.2) is 33.6 Å². The number of benzene rings is 2. The van der Waals surface area contributed by atoms with Crippen LogP contribution in [0.5, 0.6) is 5.75 Å². The normalized spacial score (nSPS) is 13.2. The Morgan fingerprint density at radius 2 is 1.82 bits per heavy atom. The lowest BCUT2D eigenvalue weighted by Gasteiger charge is -2.18. The highest BCUT2D eigenvalue weighted by Gasteiger charge is 2.13. The molecule has 0 bridgehead atoms. The highest BCUT2D eigenvalue weighted by molar-refractivity contribution is 7.91. The first-order valence-electron chi connectivity index (χ1n) is 7.48. The molecule has 0 aliphatic carbocycles. The van der Waals surface area contributed by atoms with Gasteiger partial charge >= 0.3 is 0 Å². The van der Waals surface area contributed by atoms with Gasteiger partial charge in [-0.2, -0.15) is 0 Å². The molecule has 0 amide bonds. The topological polar surface area (TPSA) is 55.4 Å². The average Bonchev–Trinajstić information content (AvgIpc) is 2.53. The van der Waals surface area contributed by atoms with Gasteiger partial charge in [0.25, 0.3) is 0 Å². The average molecular weight is 321 g/mol. The number of ether oxygens (including phenoxy) is 1. The van der Waals surface area contributed by atoms with Crippen molar-refractivity contribution in [3.8, 4) is 5.75 Å². The van der Waals surface area contributed by atoms with E-state index in [0.717, 1.165) is 22.1 Å². The summed E-state index contributed by atoms with van der Waals surface area (Å²) < 4.78 is 28.5. The first kappa shape index (κ1) is 16.8. The Kier molecular flexibility index (Phi) is 5.42. The molecule has 0 saturated heterocycles. The van der Waals surface area contributed by atoms with E-state index in [-0.39, 0.29) is 17.5 Å². The van der Waals surface area contributed by atoms with Crippen LogP contribution in [0.1, 0.15) is 25.5 Å². The van der Waals surface area contributed by atoms with E-state index >= 15 is 0 Å². The maximum atomic E-state index is 11.6. The van der Waals surface area contributed by atoms with E-state index in [4.69, 9.17) is 4.74 Å². The van der Waals surface area contributed by atoms with Crippen molar-refractivity contribution in [2.75, 3.05) is 25.2 Å². The Balaban J connectivity index is 2.20. The number of hydrogen-bond acceptors (Lipinski definition) is 4. The lowest BCUT2D eigenvalue weighted by atomic mass is 9.99. The van der Waals surface area contributed by atoms with Crippen LogP contribution in [0.25, 0.3) is 10.8 Å². The van der Waals surface area contributed by atoms with Gasteiger partial charge < -0.3 is 10.1 Å². The summed E-state index contributed by atoms with van der Waals surface area (Å²) in [7, 11) is -1.27. The van der Waals surface area contributed by atoms with Gasteiger partial charge in [0.1, 0.15) is 5.75 Å². The summed E-state index contributed by atoms with van der Waals surface area (Å²) in [6.45, 7) is 4.18. The summed E-state index contributed by atoms with van der Waals surface area (Å²) in [5.41, 5.74) is 1.14. The van der Waals surface area contributed by atoms with E-state index in [0.29, 0.717) is 6.54 Å². The molecule has 0 fully saturated rings. The number of fused-ring (bicyclic) bond motifs is 1. The number of sulfone groups is 1. The Labute approximate surface area is 132 Å². The molecule has 1 atom stereocenters. The molecule has 1 N–H and O–H groups in total. The van der Waals surface area contributed by atoms with E-state index < -0.39 is 9.84 Å². The molecule has 5 heteroatoms. The van der Waals surface area contributed by atoms with Gasteiger partial charge in [0.05, 0.1) is 12.9 Å². The van der Waals surface area contributed by atoms with Crippen molar-refractivity contribution in [1.82, 2.24) is 5.32 Å². The van der Waals surface area contributed by atoms with E-state index in [1.165, 1.54) is 0 Å². The van der Waals surface area contributed by atoms with Crippen molar-refractivity contribution in [3.63, 3.8) is 0 Å². The SMILES string of the molecule is CCS(=O)(=O)CCN[C@H](C)c1ccc(OC)c2ccccc12. The Morgan fingerprint density at radius 1 is 1.14 bits per heavy atom. The first-order valence-corrected chi connectivity index (χ1v) is 9.30. The smallest absolute Gasteiger partial charge is 0.151 e. The van der Waals surface area contributed by atoms with Crippen LogP contribution in [0.2, 0.25) is 0 Å². The monoisotopic (exact) mass is 321 g/mol. The molecule has 120 valence electrons. The summed E-state index contributed by atoms with van der Waals surface area (Å²) in [5, 5.41) is 5.49. The molecule has 0 unspecified atom stereocenters. The zero-order chi connectivity index (χ0) is 16.2. The van der Waals surface area contributed by atoms with Gasteiger partial charge in [-0.25, -0.2) is 8.42 Å². The molecule has 2 rings (SSSR count). The highest BCUT2D eigenvalue weighted by atomic mass is 32.2. The maximum Gasteiger partial charge on any atom is 0.151 e. The quantitative estimate of drug-likeness (QED) is 0.852. The molecule has 0 heterocycles. The lowest BCUT2D eigenvalue weighted by molar-refractivity contribution is 0.419. The predicted molar refractivity (Wildman–Crippen MR) is 91.2 cm³/mol. The van der Waals surface area contributed by atoms with Crippen LogP contribution >= 0.6 is 0 Å². The molecule has 2 aromatic carbocycles. The first-order chi connectivity index (χ1) is 10.5. The van der Waals surface area contributed by atoms with Gasteiger partial charge in [0.2, 0.25) is 0 Å². The van der Waals surface area contributed by atoms with Gasteiger partial charge in [-0.1, -0.05) is 37.3 Å². The van der Waals surface area contributed by atoms with Crippen molar-refractivity contribution < 1.29 is 13.2 Å². The summed E-state index contributed by atoms with van der Waals surface area (Å²) in [5.74, 6) is 1.20. The highest BCUT2D eigenvalue weighted by Crippen LogP contribution is 2.31. The fraction of sp³-hybridized carbons (Fsp3) is 0.412. The summed E-state index contributed by atoms with van der Waals surface area (Å²) in [6.07, 6.45) is 0. The largest absolute Gasteiger partial charge is 0.496 e. The zero-order valence-electron chi connectivity index (χ0n) is 13.3. The molecular weight excluding hydrogens is 298 g/mol. The fourth-order valence-corrected chi connectivity index (χ4v) is 3.25. The lowest BCUT2D eigenvalue weighted by Crippen LogP contribution is -2.26. The van der Waals surface area contributed by atoms with Crippen molar-refractivity contribution >= 4 is 20.6 Å². The van der Waals surface area contributed by atoms with Crippen LogP contribution in [0.15, 0.2) is 36.4 Å². The van der Waals surface area contributed by atoms with Crippen LogP contribution in [0.4, 0.5) is 0 Å². The molecule has 22 heavy (non-hydrogen) atoms. The predicted octanol–water partition coefficient (Wildman–Crippen LogP) is 2.93. The second-order valence-corrected chi connectivity index (χ2v) is 7.79. The molecule has 0 radical (unpaired) electrons. The molecule has 0 aliphatic rings. The summed E-state index contributed by atoms with van der Waals surface area (Å²) in [4.78, 5) is 0. The van der Waals surface area contributed by atoms with Crippen LogP contribution in [0, 0.1) is 0 Å². The molecule has 0 aromatic heterocycles. The second kappa shape index (κ2) is 7.11. The van der Waals surface area contributed by atoms with Gasteiger partial charge in [-0.3, -0.25) is 0 Å². The van der Waals surface area contributed by atoms with Crippen molar-refractivity contribution in [3.05, 3.63) is 42.0 Å². The van der Waals surface area contributed by atoms with Gasteiger partial charge in [-0.05, 0) is 23.9 Å². The van der Waals surface area contributed by atoms with Gasteiger partial charge in [0.15, 0.2) is 9.84 Å². The van der Waals surface area contributed by atoms with Crippen LogP contribution in [0.3, 0.4) is 0 Å². The van der Waals surface area contributed by atoms with Gasteiger partial charge in [-0.15, -0.1) is 0 Å². The van der Waals surface area contributed by atoms with Crippen LogP contribution < -0.4 is 10.1 Å². The second-order valence-electron chi connectivity index (χ2n) is 5.31. The van der Waals surface area contributed by atoms with E-state index in [9.17, 15) is 8.42 Å². The standard InChI is InChI=1S/C17H23NO3S/c1-4-22(19,20)12-11-18-13(2)14-9-10-17(21-3)16-8-6-5-7-15(14)16/h5-10,13,18H,4,11-12H2,1-3H3/t13-/m1/s1. The fourth-order valence-electron chi connectivity index (χ4n) is 2.54. The van der Waals surface area contributed by atoms with Gasteiger partial charge in [0, 0.05) is 23.7 Å². The molecular formula is C17H23NO3S. The van der Waals surface area contributed by atoms with Crippen LogP contribution in [-0.2, 0) is 9.84 Å². The third kappa shape index (κ3) is 3.78. The maximum absolute atomic E-state index is 11.6. The number of hydrogen-bond donors (Lipinski definition) is 1. The third-order valence-corrected chi connectivity index (χ3v) is 5.61. The molecule has 2 aromatic rings. The van der Waals surface area contributed by atoms with E-state index in [1.807, 2.05) is 37.3 Å². The Hall–Kier alpha value is -1.59. The molecule has 0 aliphatic heterocycles. The minimum Gasteiger partial charge on any atom is -0.496 e. The number of nitrogens with one attached hydrogen (secondary N) is 1. The zero-order valence-corrected chi connectivity index (χ0v) is 14.1. The Morgan fingerprint density at radius 3 is 2.45 bits per heavy atom.